The van der Waals surface area contributed by atoms with E-state index in [-0.39, 0.29) is 24.5 Å². The van der Waals surface area contributed by atoms with Gasteiger partial charge in [0.05, 0.1) is 0 Å². The predicted octanol–water partition coefficient (Wildman–Crippen LogP) is 4.03. The second-order valence-corrected chi connectivity index (χ2v) is 7.90. The Morgan fingerprint density at radius 2 is 1.69 bits per heavy atom. The van der Waals surface area contributed by atoms with Crippen molar-refractivity contribution in [2.24, 2.45) is 5.92 Å². The summed E-state index contributed by atoms with van der Waals surface area (Å²) in [7, 11) is 0. The maximum absolute atomic E-state index is 12.8. The molecule has 2 aliphatic heterocycles. The van der Waals surface area contributed by atoms with Crippen LogP contribution in [0.25, 0.3) is 0 Å². The first-order valence-electron chi connectivity index (χ1n) is 10.1. The molecule has 6 heteroatoms. The predicted molar refractivity (Wildman–Crippen MR) is 110 cm³/mol. The van der Waals surface area contributed by atoms with Crippen LogP contribution in [0.5, 0.6) is 11.5 Å². The van der Waals surface area contributed by atoms with Crippen LogP contribution in [0.1, 0.15) is 48.5 Å². The van der Waals surface area contributed by atoms with Crippen LogP contribution in [0, 0.1) is 5.92 Å². The van der Waals surface area contributed by atoms with Crippen molar-refractivity contribution in [1.29, 1.82) is 0 Å². The van der Waals surface area contributed by atoms with Crippen molar-refractivity contribution < 1.29 is 19.1 Å². The van der Waals surface area contributed by atoms with Crippen LogP contribution < -0.4 is 14.8 Å². The quantitative estimate of drug-likeness (QED) is 0.850. The van der Waals surface area contributed by atoms with E-state index in [1.807, 2.05) is 35.2 Å². The minimum absolute atomic E-state index is 0.0164. The van der Waals surface area contributed by atoms with E-state index >= 15 is 0 Å². The number of fused-ring (bicyclic) bond motifs is 1. The number of nitrogens with one attached hydrogen (secondary N) is 1. The first kappa shape index (κ1) is 19.3. The van der Waals surface area contributed by atoms with E-state index in [9.17, 15) is 9.59 Å². The highest BCUT2D eigenvalue weighted by molar-refractivity contribution is 5.95. The number of likely N-dealkylation sites (tertiary alicyclic amines) is 1. The molecule has 1 saturated heterocycles. The van der Waals surface area contributed by atoms with Gasteiger partial charge in [-0.15, -0.1) is 0 Å². The van der Waals surface area contributed by atoms with Gasteiger partial charge in [0.1, 0.15) is 0 Å². The number of piperidine rings is 1. The minimum Gasteiger partial charge on any atom is -0.454 e. The van der Waals surface area contributed by atoms with Crippen LogP contribution in [0.2, 0.25) is 0 Å². The number of hydrogen-bond acceptors (Lipinski definition) is 4. The highest BCUT2D eigenvalue weighted by atomic mass is 16.7. The third-order valence-electron chi connectivity index (χ3n) is 5.62. The van der Waals surface area contributed by atoms with E-state index < -0.39 is 0 Å². The summed E-state index contributed by atoms with van der Waals surface area (Å²) in [6.45, 7) is 5.65. The summed E-state index contributed by atoms with van der Waals surface area (Å²) >= 11 is 0. The van der Waals surface area contributed by atoms with Crippen molar-refractivity contribution in [3.8, 4) is 11.5 Å². The SMILES string of the molecule is CC(C)c1ccc(C(=O)N2CCC(C(=O)Nc3ccc4c(c3)OCO4)CC2)cc1. The zero-order valence-corrected chi connectivity index (χ0v) is 16.8. The summed E-state index contributed by atoms with van der Waals surface area (Å²) in [6.07, 6.45) is 1.32. The molecule has 2 amide bonds. The molecular formula is C23H26N2O4. The van der Waals surface area contributed by atoms with Crippen LogP contribution >= 0.6 is 0 Å². The molecule has 29 heavy (non-hydrogen) atoms. The summed E-state index contributed by atoms with van der Waals surface area (Å²) in [4.78, 5) is 27.2. The third kappa shape index (κ3) is 4.21. The average Bonchev–Trinajstić information content (AvgIpc) is 3.21. The number of nitrogens with zero attached hydrogens (tertiary/aromatic N) is 1. The number of carbonyl (C=O) groups is 2. The van der Waals surface area contributed by atoms with Crippen molar-refractivity contribution in [2.75, 3.05) is 25.2 Å². The van der Waals surface area contributed by atoms with E-state index in [2.05, 4.69) is 19.2 Å². The molecule has 2 aliphatic rings. The van der Waals surface area contributed by atoms with Crippen LogP contribution in [0.4, 0.5) is 5.69 Å². The molecular weight excluding hydrogens is 368 g/mol. The van der Waals surface area contributed by atoms with Crippen LogP contribution in [-0.4, -0.2) is 36.6 Å². The highest BCUT2D eigenvalue weighted by Crippen LogP contribution is 2.34. The number of carbonyl (C=O) groups excluding carboxylic acids is 2. The van der Waals surface area contributed by atoms with E-state index in [4.69, 9.17) is 9.47 Å². The summed E-state index contributed by atoms with van der Waals surface area (Å²) in [5.74, 6) is 1.70. The molecule has 0 unspecified atom stereocenters. The fraction of sp³-hybridized carbons (Fsp3) is 0.391. The van der Waals surface area contributed by atoms with Gasteiger partial charge in [0.2, 0.25) is 12.7 Å². The first-order valence-corrected chi connectivity index (χ1v) is 10.1. The second kappa shape index (κ2) is 8.15. The molecule has 0 atom stereocenters. The maximum Gasteiger partial charge on any atom is 0.253 e. The smallest absolute Gasteiger partial charge is 0.253 e. The number of hydrogen-bond donors (Lipinski definition) is 1. The Morgan fingerprint density at radius 1 is 1.00 bits per heavy atom. The molecule has 0 radical (unpaired) electrons. The number of benzene rings is 2. The summed E-state index contributed by atoms with van der Waals surface area (Å²) in [5.41, 5.74) is 2.63. The Kier molecular flexibility index (Phi) is 5.43. The van der Waals surface area contributed by atoms with Crippen molar-refractivity contribution in [2.45, 2.75) is 32.6 Å². The van der Waals surface area contributed by atoms with Crippen LogP contribution in [0.3, 0.4) is 0 Å². The molecule has 4 rings (SSSR count). The van der Waals surface area contributed by atoms with E-state index in [1.54, 1.807) is 12.1 Å². The molecule has 1 N–H and O–H groups in total. The zero-order chi connectivity index (χ0) is 20.4. The van der Waals surface area contributed by atoms with Gasteiger partial charge in [-0.2, -0.15) is 0 Å². The summed E-state index contributed by atoms with van der Waals surface area (Å²) in [6, 6.07) is 13.2. The van der Waals surface area contributed by atoms with Gasteiger partial charge in [0, 0.05) is 36.3 Å². The fourth-order valence-corrected chi connectivity index (χ4v) is 3.76. The van der Waals surface area contributed by atoms with E-state index in [0.29, 0.717) is 54.6 Å². The Balaban J connectivity index is 1.31. The topological polar surface area (TPSA) is 67.9 Å². The normalized spacial score (nSPS) is 16.2. The molecule has 1 fully saturated rings. The Bertz CT molecular complexity index is 900. The number of rotatable bonds is 4. The summed E-state index contributed by atoms with van der Waals surface area (Å²) < 4.78 is 10.6. The molecule has 2 aromatic rings. The standard InChI is InChI=1S/C23H26N2O4/c1-15(2)16-3-5-18(6-4-16)23(27)25-11-9-17(10-12-25)22(26)24-19-7-8-20-21(13-19)29-14-28-20/h3-8,13,15,17H,9-12,14H2,1-2H3,(H,24,26). The molecule has 0 bridgehead atoms. The largest absolute Gasteiger partial charge is 0.454 e. The lowest BCUT2D eigenvalue weighted by Gasteiger charge is -2.31. The molecule has 0 aromatic heterocycles. The molecule has 6 nitrogen and oxygen atoms in total. The Morgan fingerprint density at radius 3 is 2.38 bits per heavy atom. The van der Waals surface area contributed by atoms with E-state index in [1.165, 1.54) is 5.56 Å². The van der Waals surface area contributed by atoms with Gasteiger partial charge in [-0.3, -0.25) is 9.59 Å². The van der Waals surface area contributed by atoms with Gasteiger partial charge in [-0.1, -0.05) is 26.0 Å². The second-order valence-electron chi connectivity index (χ2n) is 7.90. The van der Waals surface area contributed by atoms with Crippen molar-refractivity contribution in [3.63, 3.8) is 0 Å². The minimum atomic E-state index is -0.104. The molecule has 152 valence electrons. The number of ether oxygens (including phenoxy) is 2. The molecule has 0 saturated carbocycles. The maximum atomic E-state index is 12.8. The monoisotopic (exact) mass is 394 g/mol. The van der Waals surface area contributed by atoms with Gasteiger partial charge in [0.15, 0.2) is 11.5 Å². The first-order chi connectivity index (χ1) is 14.0. The molecule has 0 aliphatic carbocycles. The Labute approximate surface area is 170 Å². The molecule has 2 heterocycles. The van der Waals surface area contributed by atoms with Gasteiger partial charge in [-0.05, 0) is 48.6 Å². The molecule has 0 spiro atoms. The average molecular weight is 394 g/mol. The van der Waals surface area contributed by atoms with Crippen molar-refractivity contribution in [1.82, 2.24) is 4.90 Å². The van der Waals surface area contributed by atoms with Crippen LogP contribution in [-0.2, 0) is 4.79 Å². The number of amides is 2. The zero-order valence-electron chi connectivity index (χ0n) is 16.8. The van der Waals surface area contributed by atoms with Gasteiger partial charge in [-0.25, -0.2) is 0 Å². The lowest BCUT2D eigenvalue weighted by Crippen LogP contribution is -2.41. The lowest BCUT2D eigenvalue weighted by molar-refractivity contribution is -0.121. The Hall–Kier alpha value is -3.02. The van der Waals surface area contributed by atoms with Crippen molar-refractivity contribution >= 4 is 17.5 Å². The van der Waals surface area contributed by atoms with E-state index in [0.717, 1.165) is 0 Å². The van der Waals surface area contributed by atoms with Gasteiger partial charge in [0.25, 0.3) is 5.91 Å². The number of anilines is 1. The van der Waals surface area contributed by atoms with Gasteiger partial charge < -0.3 is 19.7 Å². The van der Waals surface area contributed by atoms with Gasteiger partial charge >= 0.3 is 0 Å². The third-order valence-corrected chi connectivity index (χ3v) is 5.62. The van der Waals surface area contributed by atoms with Crippen molar-refractivity contribution in [3.05, 3.63) is 53.6 Å². The summed E-state index contributed by atoms with van der Waals surface area (Å²) in [5, 5.41) is 2.96. The van der Waals surface area contributed by atoms with Crippen LogP contribution in [0.15, 0.2) is 42.5 Å². The highest BCUT2D eigenvalue weighted by Gasteiger charge is 2.28. The fourth-order valence-electron chi connectivity index (χ4n) is 3.76. The lowest BCUT2D eigenvalue weighted by atomic mass is 9.95. The molecule has 2 aromatic carbocycles.